The van der Waals surface area contributed by atoms with Gasteiger partial charge in [-0.15, -0.1) is 0 Å². The molecular formula is C23H30N4O2. The lowest BCUT2D eigenvalue weighted by Gasteiger charge is -2.35. The van der Waals surface area contributed by atoms with E-state index >= 15 is 0 Å². The number of fused-ring (bicyclic) bond motifs is 2. The van der Waals surface area contributed by atoms with Gasteiger partial charge in [0.15, 0.2) is 5.82 Å². The number of likely N-dealkylation sites (N-methyl/N-ethyl adjacent to an activating group) is 1. The number of likely N-dealkylation sites (tertiary alicyclic amines) is 1. The van der Waals surface area contributed by atoms with Crippen LogP contribution in [-0.2, 0) is 25.8 Å². The predicted octanol–water partition coefficient (Wildman–Crippen LogP) is 3.61. The van der Waals surface area contributed by atoms with E-state index in [1.54, 1.807) is 0 Å². The van der Waals surface area contributed by atoms with Crippen LogP contribution in [0.4, 0.5) is 0 Å². The van der Waals surface area contributed by atoms with Gasteiger partial charge in [0.05, 0.1) is 11.6 Å². The molecule has 5 rings (SSSR count). The molecule has 0 spiro atoms. The van der Waals surface area contributed by atoms with Crippen molar-refractivity contribution >= 4 is 5.91 Å². The van der Waals surface area contributed by atoms with Crippen molar-refractivity contribution in [1.29, 1.82) is 0 Å². The zero-order chi connectivity index (χ0) is 20.0. The van der Waals surface area contributed by atoms with E-state index in [1.807, 2.05) is 18.0 Å². The van der Waals surface area contributed by atoms with Gasteiger partial charge < -0.3 is 14.2 Å². The maximum Gasteiger partial charge on any atom is 0.258 e. The molecule has 2 aromatic rings. The molecule has 0 N–H and O–H groups in total. The number of carbonyl (C=O) groups is 1. The van der Waals surface area contributed by atoms with Crippen molar-refractivity contribution in [2.24, 2.45) is 0 Å². The molecule has 1 amide bonds. The number of furan rings is 1. The average molecular weight is 395 g/mol. The van der Waals surface area contributed by atoms with Gasteiger partial charge in [-0.2, -0.15) is 0 Å². The molecule has 1 aliphatic carbocycles. The van der Waals surface area contributed by atoms with Gasteiger partial charge in [-0.1, -0.05) is 0 Å². The molecule has 154 valence electrons. The van der Waals surface area contributed by atoms with Crippen molar-refractivity contribution in [3.05, 3.63) is 45.9 Å². The van der Waals surface area contributed by atoms with Crippen LogP contribution in [0, 0.1) is 6.92 Å². The van der Waals surface area contributed by atoms with Crippen molar-refractivity contribution < 1.29 is 9.21 Å². The van der Waals surface area contributed by atoms with Crippen LogP contribution in [0.15, 0.2) is 10.6 Å². The normalized spacial score (nSPS) is 22.3. The van der Waals surface area contributed by atoms with E-state index in [0.29, 0.717) is 0 Å². The zero-order valence-electron chi connectivity index (χ0n) is 17.5. The Morgan fingerprint density at radius 1 is 1.14 bits per heavy atom. The smallest absolute Gasteiger partial charge is 0.258 e. The molecule has 0 bridgehead atoms. The Bertz CT molecular complexity index is 935. The summed E-state index contributed by atoms with van der Waals surface area (Å²) in [4.78, 5) is 27.7. The van der Waals surface area contributed by atoms with Crippen LogP contribution in [0.2, 0.25) is 0 Å². The standard InChI is InChI=1S/C23H30N4O2/c1-15-21(17-7-3-4-9-20(17)29-15)23(28)27-11-6-5-8-19(27)22-24-13-16-14-26(2)12-10-18(16)25-22/h13,19H,3-12,14H2,1-2H3/t19-/m0/s1. The lowest BCUT2D eigenvalue weighted by molar-refractivity contribution is 0.0596. The minimum Gasteiger partial charge on any atom is -0.465 e. The third kappa shape index (κ3) is 3.37. The number of carbonyl (C=O) groups excluding carboxylic acids is 1. The molecule has 2 aliphatic heterocycles. The quantitative estimate of drug-likeness (QED) is 0.779. The van der Waals surface area contributed by atoms with E-state index in [2.05, 4.69) is 11.9 Å². The molecule has 0 radical (unpaired) electrons. The van der Waals surface area contributed by atoms with Gasteiger partial charge in [-0.25, -0.2) is 9.97 Å². The molecule has 2 aromatic heterocycles. The second kappa shape index (κ2) is 7.56. The molecule has 1 fully saturated rings. The van der Waals surface area contributed by atoms with Gasteiger partial charge in [0.2, 0.25) is 0 Å². The van der Waals surface area contributed by atoms with Gasteiger partial charge in [0.1, 0.15) is 11.5 Å². The topological polar surface area (TPSA) is 62.5 Å². The molecule has 29 heavy (non-hydrogen) atoms. The largest absolute Gasteiger partial charge is 0.465 e. The summed E-state index contributed by atoms with van der Waals surface area (Å²) in [5.74, 6) is 2.73. The fraction of sp³-hybridized carbons (Fsp3) is 0.609. The Morgan fingerprint density at radius 2 is 2.00 bits per heavy atom. The van der Waals surface area contributed by atoms with Crippen molar-refractivity contribution in [3.8, 4) is 0 Å². The summed E-state index contributed by atoms with van der Waals surface area (Å²) in [5.41, 5.74) is 4.34. The first-order valence-electron chi connectivity index (χ1n) is 11.1. The Hall–Kier alpha value is -2.21. The molecule has 1 saturated heterocycles. The van der Waals surface area contributed by atoms with Crippen molar-refractivity contribution in [1.82, 2.24) is 19.8 Å². The highest BCUT2D eigenvalue weighted by atomic mass is 16.3. The van der Waals surface area contributed by atoms with Gasteiger partial charge in [-0.3, -0.25) is 4.79 Å². The lowest BCUT2D eigenvalue weighted by Crippen LogP contribution is -2.40. The molecule has 4 heterocycles. The summed E-state index contributed by atoms with van der Waals surface area (Å²) in [6.45, 7) is 4.64. The minimum absolute atomic E-state index is 0.0326. The minimum atomic E-state index is -0.0326. The van der Waals surface area contributed by atoms with Gasteiger partial charge in [0, 0.05) is 55.5 Å². The second-order valence-electron chi connectivity index (χ2n) is 8.84. The number of aryl methyl sites for hydroxylation is 2. The third-order valence-electron chi connectivity index (χ3n) is 6.77. The van der Waals surface area contributed by atoms with E-state index < -0.39 is 0 Å². The van der Waals surface area contributed by atoms with Crippen LogP contribution in [-0.4, -0.2) is 45.8 Å². The second-order valence-corrected chi connectivity index (χ2v) is 8.84. The van der Waals surface area contributed by atoms with E-state index in [4.69, 9.17) is 14.4 Å². The van der Waals surface area contributed by atoms with E-state index in [0.717, 1.165) is 105 Å². The maximum atomic E-state index is 13.7. The van der Waals surface area contributed by atoms with E-state index in [9.17, 15) is 4.79 Å². The summed E-state index contributed by atoms with van der Waals surface area (Å²) >= 11 is 0. The summed E-state index contributed by atoms with van der Waals surface area (Å²) in [7, 11) is 2.13. The third-order valence-corrected chi connectivity index (χ3v) is 6.77. The number of nitrogens with zero attached hydrogens (tertiary/aromatic N) is 4. The average Bonchev–Trinajstić information content (AvgIpc) is 3.08. The molecule has 0 aromatic carbocycles. The first-order valence-corrected chi connectivity index (χ1v) is 11.1. The molecule has 6 heteroatoms. The maximum absolute atomic E-state index is 13.7. The summed E-state index contributed by atoms with van der Waals surface area (Å²) in [5, 5.41) is 0. The molecule has 0 unspecified atom stereocenters. The predicted molar refractivity (Wildman–Crippen MR) is 110 cm³/mol. The number of hydrogen-bond acceptors (Lipinski definition) is 5. The number of piperidine rings is 1. The van der Waals surface area contributed by atoms with Gasteiger partial charge in [-0.05, 0) is 52.5 Å². The molecule has 1 atom stereocenters. The number of hydrogen-bond donors (Lipinski definition) is 0. The first kappa shape index (κ1) is 18.8. The van der Waals surface area contributed by atoms with Crippen molar-refractivity contribution in [2.45, 2.75) is 70.9 Å². The molecular weight excluding hydrogens is 364 g/mol. The Balaban J connectivity index is 1.47. The van der Waals surface area contributed by atoms with E-state index in [-0.39, 0.29) is 11.9 Å². The Kier molecular flexibility index (Phi) is 4.90. The summed E-state index contributed by atoms with van der Waals surface area (Å²) in [6, 6.07) is -0.0326. The monoisotopic (exact) mass is 394 g/mol. The highest BCUT2D eigenvalue weighted by Crippen LogP contribution is 2.35. The highest BCUT2D eigenvalue weighted by molar-refractivity contribution is 5.97. The van der Waals surface area contributed by atoms with Crippen LogP contribution < -0.4 is 0 Å². The highest BCUT2D eigenvalue weighted by Gasteiger charge is 2.35. The Morgan fingerprint density at radius 3 is 2.90 bits per heavy atom. The molecule has 3 aliphatic rings. The van der Waals surface area contributed by atoms with Crippen LogP contribution in [0.25, 0.3) is 0 Å². The van der Waals surface area contributed by atoms with Gasteiger partial charge >= 0.3 is 0 Å². The number of aromatic nitrogens is 2. The fourth-order valence-corrected chi connectivity index (χ4v) is 5.20. The first-order chi connectivity index (χ1) is 14.1. The summed E-state index contributed by atoms with van der Waals surface area (Å²) in [6.07, 6.45) is 10.2. The summed E-state index contributed by atoms with van der Waals surface area (Å²) < 4.78 is 5.99. The Labute approximate surface area is 172 Å². The SMILES string of the molecule is Cc1oc2c(c1C(=O)N1CCCC[C@H]1c1ncc3c(n1)CCN(C)C3)CCCC2. The molecule has 0 saturated carbocycles. The van der Waals surface area contributed by atoms with E-state index in [1.165, 1.54) is 5.56 Å². The van der Waals surface area contributed by atoms with Crippen LogP contribution in [0.1, 0.15) is 82.7 Å². The fourth-order valence-electron chi connectivity index (χ4n) is 5.20. The lowest BCUT2D eigenvalue weighted by atomic mass is 9.93. The van der Waals surface area contributed by atoms with Crippen molar-refractivity contribution in [2.75, 3.05) is 20.1 Å². The van der Waals surface area contributed by atoms with Crippen LogP contribution in [0.3, 0.4) is 0 Å². The number of rotatable bonds is 2. The number of amides is 1. The molecule has 6 nitrogen and oxygen atoms in total. The zero-order valence-corrected chi connectivity index (χ0v) is 17.5. The van der Waals surface area contributed by atoms with Crippen LogP contribution in [0.5, 0.6) is 0 Å². The van der Waals surface area contributed by atoms with Gasteiger partial charge in [0.25, 0.3) is 5.91 Å². The van der Waals surface area contributed by atoms with Crippen LogP contribution >= 0.6 is 0 Å². The van der Waals surface area contributed by atoms with Crippen molar-refractivity contribution in [3.63, 3.8) is 0 Å².